The zero-order valence-corrected chi connectivity index (χ0v) is 19.5. The number of phenols is 1. The predicted octanol–water partition coefficient (Wildman–Crippen LogP) is 5.45. The van der Waals surface area contributed by atoms with Crippen LogP contribution in [0.5, 0.6) is 11.5 Å². The summed E-state index contributed by atoms with van der Waals surface area (Å²) >= 11 is 5.50. The van der Waals surface area contributed by atoms with E-state index < -0.39 is 5.91 Å². The first-order chi connectivity index (χ1) is 16.4. The van der Waals surface area contributed by atoms with E-state index in [0.717, 1.165) is 28.6 Å². The molecule has 0 atom stereocenters. The van der Waals surface area contributed by atoms with Crippen LogP contribution in [0, 0.1) is 5.41 Å². The number of rotatable bonds is 7. The van der Waals surface area contributed by atoms with E-state index in [1.165, 1.54) is 30.0 Å². The van der Waals surface area contributed by atoms with Gasteiger partial charge in [0.25, 0.3) is 0 Å². The van der Waals surface area contributed by atoms with E-state index in [4.69, 9.17) is 32.6 Å². The number of nitrogens with two attached hydrogens (primary N) is 1. The summed E-state index contributed by atoms with van der Waals surface area (Å²) in [5.41, 5.74) is 7.41. The Bertz CT molecular complexity index is 1280. The normalized spacial score (nSPS) is 10.4. The number of halogens is 1. The molecular weight excluding hydrogens is 450 g/mol. The number of ether oxygens (including phenoxy) is 1. The molecule has 0 aliphatic heterocycles. The van der Waals surface area contributed by atoms with E-state index in [1.807, 2.05) is 61.6 Å². The number of carbonyl (C=O) groups is 1. The minimum atomic E-state index is -0.563. The van der Waals surface area contributed by atoms with Crippen molar-refractivity contribution in [3.63, 3.8) is 0 Å². The molecule has 0 spiro atoms. The molecule has 4 N–H and O–H groups in total. The molecule has 4 rings (SSSR count). The fourth-order valence-electron chi connectivity index (χ4n) is 3.33. The highest BCUT2D eigenvalue weighted by atomic mass is 35.5. The molecule has 0 aromatic heterocycles. The molecule has 174 valence electrons. The molecule has 0 heterocycles. The number of nitrogens with zero attached hydrogens (tertiary/aromatic N) is 1. The molecule has 4 aromatic rings. The van der Waals surface area contributed by atoms with Crippen LogP contribution in [-0.2, 0) is 6.54 Å². The van der Waals surface area contributed by atoms with Crippen LogP contribution in [0.4, 0.5) is 0 Å². The van der Waals surface area contributed by atoms with Gasteiger partial charge in [-0.1, -0.05) is 66.2 Å². The standard InChI is InChI=1S/C20H20N2O.C7H6ClNO2/c1-22(14-16-7-3-2-4-8-16)15-23-20-12-11-17(13-21)18-9-5-6-10-19(18)20;8-5-3-4(7(9)11)1-2-6(5)10/h2-13,21H,14-15H2,1H3;1-3,10H,(H2,9,11). The van der Waals surface area contributed by atoms with E-state index in [1.54, 1.807) is 0 Å². The molecule has 34 heavy (non-hydrogen) atoms. The number of primary amides is 1. The third kappa shape index (κ3) is 6.57. The van der Waals surface area contributed by atoms with E-state index in [-0.39, 0.29) is 16.3 Å². The van der Waals surface area contributed by atoms with Gasteiger partial charge in [-0.3, -0.25) is 9.69 Å². The lowest BCUT2D eigenvalue weighted by molar-refractivity contribution is 0.100. The SMILES string of the molecule is CN(COc1ccc(C=N)c2ccccc12)Cc1ccccc1.NC(=O)c1ccc(O)c(Cl)c1. The summed E-state index contributed by atoms with van der Waals surface area (Å²) < 4.78 is 6.00. The molecule has 7 heteroatoms. The molecule has 0 unspecified atom stereocenters. The highest BCUT2D eigenvalue weighted by molar-refractivity contribution is 6.32. The topological polar surface area (TPSA) is 99.6 Å². The first kappa shape index (κ1) is 24.8. The molecule has 0 bridgehead atoms. The molecule has 0 aliphatic carbocycles. The average molecular weight is 476 g/mol. The Morgan fingerprint density at radius 1 is 1.03 bits per heavy atom. The van der Waals surface area contributed by atoms with Crippen LogP contribution in [-0.4, -0.2) is 35.9 Å². The summed E-state index contributed by atoms with van der Waals surface area (Å²) in [6.07, 6.45) is 1.38. The quantitative estimate of drug-likeness (QED) is 0.244. The Labute approximate surface area is 203 Å². The minimum absolute atomic E-state index is 0.0586. The van der Waals surface area contributed by atoms with Crippen LogP contribution in [0.2, 0.25) is 5.02 Å². The molecule has 0 saturated carbocycles. The monoisotopic (exact) mass is 475 g/mol. The maximum Gasteiger partial charge on any atom is 0.248 e. The third-order valence-corrected chi connectivity index (χ3v) is 5.34. The van der Waals surface area contributed by atoms with Gasteiger partial charge in [-0.25, -0.2) is 0 Å². The summed E-state index contributed by atoms with van der Waals surface area (Å²) in [7, 11) is 2.04. The van der Waals surface area contributed by atoms with Crippen LogP contribution >= 0.6 is 11.6 Å². The number of carbonyl (C=O) groups excluding carboxylic acids is 1. The zero-order chi connectivity index (χ0) is 24.5. The fourth-order valence-corrected chi connectivity index (χ4v) is 3.51. The second-order valence-corrected chi connectivity index (χ2v) is 8.05. The summed E-state index contributed by atoms with van der Waals surface area (Å²) in [4.78, 5) is 12.7. The molecule has 6 nitrogen and oxygen atoms in total. The molecule has 1 amide bonds. The third-order valence-electron chi connectivity index (χ3n) is 5.04. The van der Waals surface area contributed by atoms with Gasteiger partial charge in [0.1, 0.15) is 18.2 Å². The Morgan fingerprint density at radius 3 is 2.35 bits per heavy atom. The van der Waals surface area contributed by atoms with E-state index in [9.17, 15) is 4.79 Å². The van der Waals surface area contributed by atoms with Crippen molar-refractivity contribution in [2.75, 3.05) is 13.8 Å². The van der Waals surface area contributed by atoms with Crippen LogP contribution in [0.1, 0.15) is 21.5 Å². The van der Waals surface area contributed by atoms with Crippen LogP contribution in [0.15, 0.2) is 84.9 Å². The van der Waals surface area contributed by atoms with Gasteiger partial charge in [0.05, 0.1) is 5.02 Å². The van der Waals surface area contributed by atoms with Crippen LogP contribution in [0.25, 0.3) is 10.8 Å². The molecule has 0 radical (unpaired) electrons. The van der Waals surface area contributed by atoms with Gasteiger partial charge in [0.15, 0.2) is 0 Å². The van der Waals surface area contributed by atoms with E-state index in [2.05, 4.69) is 17.0 Å². The van der Waals surface area contributed by atoms with Crippen molar-refractivity contribution >= 4 is 34.5 Å². The number of phenolic OH excluding ortho intramolecular Hbond substituents is 1. The summed E-state index contributed by atoms with van der Waals surface area (Å²) in [6.45, 7) is 1.36. The van der Waals surface area contributed by atoms with Gasteiger partial charge < -0.3 is 21.0 Å². The summed E-state index contributed by atoms with van der Waals surface area (Å²) in [5.74, 6) is 0.231. The molecule has 0 aliphatic rings. The predicted molar refractivity (Wildman–Crippen MR) is 137 cm³/mol. The van der Waals surface area contributed by atoms with Gasteiger partial charge in [-0.2, -0.15) is 0 Å². The van der Waals surface area contributed by atoms with Gasteiger partial charge >= 0.3 is 0 Å². The number of amides is 1. The smallest absolute Gasteiger partial charge is 0.248 e. The number of nitrogens with one attached hydrogen (secondary N) is 1. The zero-order valence-electron chi connectivity index (χ0n) is 18.7. The first-order valence-corrected chi connectivity index (χ1v) is 10.9. The Kier molecular flexibility index (Phi) is 8.62. The molecular formula is C27H26ClN3O3. The van der Waals surface area contributed by atoms with E-state index in [0.29, 0.717) is 6.73 Å². The van der Waals surface area contributed by atoms with Crippen LogP contribution < -0.4 is 10.5 Å². The minimum Gasteiger partial charge on any atom is -0.506 e. The molecule has 0 saturated heterocycles. The summed E-state index contributed by atoms with van der Waals surface area (Å²) in [5, 5.41) is 18.7. The highest BCUT2D eigenvalue weighted by Crippen LogP contribution is 2.28. The Hall–Kier alpha value is -3.87. The first-order valence-electron chi connectivity index (χ1n) is 10.5. The van der Waals surface area contributed by atoms with Crippen molar-refractivity contribution < 1.29 is 14.6 Å². The lowest BCUT2D eigenvalue weighted by Crippen LogP contribution is -2.23. The van der Waals surface area contributed by atoms with Crippen molar-refractivity contribution in [2.24, 2.45) is 5.73 Å². The summed E-state index contributed by atoms with van der Waals surface area (Å²) in [6, 6.07) is 26.3. The number of hydrogen-bond donors (Lipinski definition) is 3. The Morgan fingerprint density at radius 2 is 1.71 bits per heavy atom. The lowest BCUT2D eigenvalue weighted by Gasteiger charge is -2.18. The number of hydrogen-bond acceptors (Lipinski definition) is 5. The lowest BCUT2D eigenvalue weighted by atomic mass is 10.0. The second kappa shape index (κ2) is 11.8. The maximum absolute atomic E-state index is 10.5. The Balaban J connectivity index is 0.000000248. The van der Waals surface area contributed by atoms with E-state index >= 15 is 0 Å². The molecule has 0 fully saturated rings. The van der Waals surface area contributed by atoms with Crippen molar-refractivity contribution in [1.29, 1.82) is 5.41 Å². The fraction of sp³-hybridized carbons (Fsp3) is 0.111. The average Bonchev–Trinajstić information content (AvgIpc) is 2.85. The number of fused-ring (bicyclic) bond motifs is 1. The van der Waals surface area contributed by atoms with Crippen molar-refractivity contribution in [3.8, 4) is 11.5 Å². The number of benzene rings is 4. The van der Waals surface area contributed by atoms with Crippen molar-refractivity contribution in [1.82, 2.24) is 4.90 Å². The van der Waals surface area contributed by atoms with Gasteiger partial charge in [0.2, 0.25) is 5.91 Å². The van der Waals surface area contributed by atoms with Gasteiger partial charge in [0, 0.05) is 29.3 Å². The van der Waals surface area contributed by atoms with Gasteiger partial charge in [-0.15, -0.1) is 0 Å². The van der Waals surface area contributed by atoms with Crippen molar-refractivity contribution in [3.05, 3.63) is 107 Å². The van der Waals surface area contributed by atoms with Crippen molar-refractivity contribution in [2.45, 2.75) is 6.54 Å². The second-order valence-electron chi connectivity index (χ2n) is 7.65. The van der Waals surface area contributed by atoms with Gasteiger partial charge in [-0.05, 0) is 48.3 Å². The highest BCUT2D eigenvalue weighted by Gasteiger charge is 2.07. The van der Waals surface area contributed by atoms with Crippen LogP contribution in [0.3, 0.4) is 0 Å². The maximum atomic E-state index is 10.5. The largest absolute Gasteiger partial charge is 0.506 e. The molecule has 4 aromatic carbocycles. The number of aromatic hydroxyl groups is 1.